The van der Waals surface area contributed by atoms with Gasteiger partial charge in [-0.15, -0.1) is 11.3 Å². The number of sulfonamides is 1. The predicted molar refractivity (Wildman–Crippen MR) is 102 cm³/mol. The number of aromatic amines is 1. The van der Waals surface area contributed by atoms with Crippen LogP contribution in [0.15, 0.2) is 35.2 Å². The standard InChI is InChI=1S/C17H18ClN3O2S2/c1-10-11(2)20-21-17(10)15-8-16(12(3)24-15)25(22,23)19-9-13-6-4-5-7-14(13)18/h4-8,19H,9H2,1-3H3,(H,20,21). The van der Waals surface area contributed by atoms with Crippen LogP contribution in [-0.2, 0) is 16.6 Å². The topological polar surface area (TPSA) is 74.8 Å². The molecule has 0 atom stereocenters. The Kier molecular flexibility index (Phi) is 5.02. The average Bonchev–Trinajstić information content (AvgIpc) is 3.10. The highest BCUT2D eigenvalue weighted by Crippen LogP contribution is 2.34. The third-order valence-electron chi connectivity index (χ3n) is 4.06. The highest BCUT2D eigenvalue weighted by atomic mass is 35.5. The third kappa shape index (κ3) is 3.64. The lowest BCUT2D eigenvalue weighted by molar-refractivity contribution is 0.581. The largest absolute Gasteiger partial charge is 0.282 e. The van der Waals surface area contributed by atoms with Gasteiger partial charge in [0.2, 0.25) is 10.0 Å². The molecule has 1 aromatic carbocycles. The van der Waals surface area contributed by atoms with E-state index in [2.05, 4.69) is 14.9 Å². The number of halogens is 1. The van der Waals surface area contributed by atoms with Crippen molar-refractivity contribution in [1.82, 2.24) is 14.9 Å². The number of aromatic nitrogens is 2. The van der Waals surface area contributed by atoms with Crippen LogP contribution in [0.1, 0.15) is 21.7 Å². The monoisotopic (exact) mass is 395 g/mol. The number of hydrogen-bond acceptors (Lipinski definition) is 4. The first-order chi connectivity index (χ1) is 11.8. The summed E-state index contributed by atoms with van der Waals surface area (Å²) < 4.78 is 28.0. The minimum Gasteiger partial charge on any atom is -0.282 e. The van der Waals surface area contributed by atoms with Crippen LogP contribution in [0.4, 0.5) is 0 Å². The molecule has 2 aromatic heterocycles. The van der Waals surface area contributed by atoms with E-state index in [1.807, 2.05) is 26.0 Å². The summed E-state index contributed by atoms with van der Waals surface area (Å²) in [5.74, 6) is 0. The molecule has 0 spiro atoms. The number of aryl methyl sites for hydroxylation is 2. The zero-order chi connectivity index (χ0) is 18.2. The fourth-order valence-corrected chi connectivity index (χ4v) is 5.31. The van der Waals surface area contributed by atoms with Gasteiger partial charge in [-0.1, -0.05) is 29.8 Å². The highest BCUT2D eigenvalue weighted by molar-refractivity contribution is 7.89. The fraction of sp³-hybridized carbons (Fsp3) is 0.235. The maximum atomic E-state index is 12.7. The Labute approximate surface area is 156 Å². The molecule has 0 bridgehead atoms. The summed E-state index contributed by atoms with van der Waals surface area (Å²) in [6, 6.07) is 8.85. The van der Waals surface area contributed by atoms with Crippen LogP contribution in [0.3, 0.4) is 0 Å². The van der Waals surface area contributed by atoms with Gasteiger partial charge in [0, 0.05) is 22.1 Å². The summed E-state index contributed by atoms with van der Waals surface area (Å²) in [5.41, 5.74) is 3.52. The lowest BCUT2D eigenvalue weighted by atomic mass is 10.2. The molecule has 0 aliphatic rings. The number of H-pyrrole nitrogens is 1. The van der Waals surface area contributed by atoms with E-state index in [0.717, 1.165) is 32.3 Å². The molecule has 0 aliphatic heterocycles. The zero-order valence-corrected chi connectivity index (χ0v) is 16.4. The fourth-order valence-electron chi connectivity index (χ4n) is 2.47. The third-order valence-corrected chi connectivity index (χ3v) is 7.14. The Balaban J connectivity index is 1.88. The first-order valence-corrected chi connectivity index (χ1v) is 10.3. The summed E-state index contributed by atoms with van der Waals surface area (Å²) in [6.07, 6.45) is 0. The van der Waals surface area contributed by atoms with Gasteiger partial charge in [0.25, 0.3) is 0 Å². The van der Waals surface area contributed by atoms with E-state index in [1.165, 1.54) is 11.3 Å². The van der Waals surface area contributed by atoms with Gasteiger partial charge in [-0.25, -0.2) is 13.1 Å². The molecule has 0 radical (unpaired) electrons. The Morgan fingerprint density at radius 2 is 1.96 bits per heavy atom. The maximum Gasteiger partial charge on any atom is 0.241 e. The minimum absolute atomic E-state index is 0.146. The van der Waals surface area contributed by atoms with Crippen LogP contribution < -0.4 is 4.72 Å². The van der Waals surface area contributed by atoms with E-state index in [-0.39, 0.29) is 11.4 Å². The lowest BCUT2D eigenvalue weighted by Gasteiger charge is -2.07. The van der Waals surface area contributed by atoms with Crippen molar-refractivity contribution in [2.45, 2.75) is 32.2 Å². The summed E-state index contributed by atoms with van der Waals surface area (Å²) in [4.78, 5) is 1.83. The van der Waals surface area contributed by atoms with E-state index in [0.29, 0.717) is 5.02 Å². The van der Waals surface area contributed by atoms with E-state index in [9.17, 15) is 8.42 Å². The minimum atomic E-state index is -3.64. The number of nitrogens with one attached hydrogen (secondary N) is 2. The zero-order valence-electron chi connectivity index (χ0n) is 14.1. The molecule has 2 heterocycles. The molecule has 0 unspecified atom stereocenters. The van der Waals surface area contributed by atoms with Crippen molar-refractivity contribution < 1.29 is 8.42 Å². The molecular formula is C17H18ClN3O2S2. The van der Waals surface area contributed by atoms with Crippen LogP contribution in [-0.4, -0.2) is 18.6 Å². The molecule has 0 aliphatic carbocycles. The van der Waals surface area contributed by atoms with Crippen molar-refractivity contribution in [3.05, 3.63) is 57.1 Å². The van der Waals surface area contributed by atoms with Crippen LogP contribution in [0.5, 0.6) is 0 Å². The van der Waals surface area contributed by atoms with Gasteiger partial charge in [-0.05, 0) is 44.0 Å². The van der Waals surface area contributed by atoms with Gasteiger partial charge in [0.15, 0.2) is 0 Å². The molecule has 0 saturated carbocycles. The molecule has 5 nitrogen and oxygen atoms in total. The second kappa shape index (κ2) is 6.92. The Morgan fingerprint density at radius 3 is 2.60 bits per heavy atom. The van der Waals surface area contributed by atoms with Crippen LogP contribution in [0, 0.1) is 20.8 Å². The molecule has 132 valence electrons. The molecule has 2 N–H and O–H groups in total. The van der Waals surface area contributed by atoms with Crippen molar-refractivity contribution in [2.75, 3.05) is 0 Å². The van der Waals surface area contributed by atoms with Crippen molar-refractivity contribution in [1.29, 1.82) is 0 Å². The van der Waals surface area contributed by atoms with E-state index in [4.69, 9.17) is 11.6 Å². The van der Waals surface area contributed by atoms with Gasteiger partial charge in [-0.2, -0.15) is 5.10 Å². The van der Waals surface area contributed by atoms with Gasteiger partial charge in [0.1, 0.15) is 5.69 Å². The number of benzene rings is 1. The normalized spacial score (nSPS) is 11.8. The molecule has 0 saturated heterocycles. The van der Waals surface area contributed by atoms with Crippen molar-refractivity contribution in [3.63, 3.8) is 0 Å². The molecular weight excluding hydrogens is 378 g/mol. The number of thiophene rings is 1. The van der Waals surface area contributed by atoms with E-state index in [1.54, 1.807) is 25.1 Å². The maximum absolute atomic E-state index is 12.7. The van der Waals surface area contributed by atoms with Crippen LogP contribution in [0.25, 0.3) is 10.6 Å². The summed E-state index contributed by atoms with van der Waals surface area (Å²) in [6.45, 7) is 5.85. The molecule has 8 heteroatoms. The number of hydrogen-bond donors (Lipinski definition) is 2. The van der Waals surface area contributed by atoms with Crippen molar-refractivity contribution >= 4 is 33.0 Å². The van der Waals surface area contributed by atoms with Gasteiger partial charge in [0.05, 0.1) is 9.77 Å². The van der Waals surface area contributed by atoms with Crippen molar-refractivity contribution in [3.8, 4) is 10.6 Å². The second-order valence-corrected chi connectivity index (χ2v) is 9.17. The Hall–Kier alpha value is -1.67. The first-order valence-electron chi connectivity index (χ1n) is 7.65. The molecule has 0 fully saturated rings. The van der Waals surface area contributed by atoms with E-state index < -0.39 is 10.0 Å². The summed E-state index contributed by atoms with van der Waals surface area (Å²) >= 11 is 7.51. The lowest BCUT2D eigenvalue weighted by Crippen LogP contribution is -2.23. The molecule has 25 heavy (non-hydrogen) atoms. The van der Waals surface area contributed by atoms with Crippen LogP contribution in [0.2, 0.25) is 5.02 Å². The van der Waals surface area contributed by atoms with Gasteiger partial charge in [-0.3, -0.25) is 5.10 Å². The molecule has 0 amide bonds. The quantitative estimate of drug-likeness (QED) is 0.679. The van der Waals surface area contributed by atoms with Crippen LogP contribution >= 0.6 is 22.9 Å². The summed E-state index contributed by atoms with van der Waals surface area (Å²) in [5, 5.41) is 7.75. The SMILES string of the molecule is Cc1[nH]nc(-c2cc(S(=O)(=O)NCc3ccccc3Cl)c(C)s2)c1C. The molecule has 3 aromatic rings. The van der Waals surface area contributed by atoms with Crippen molar-refractivity contribution in [2.24, 2.45) is 0 Å². The first kappa shape index (κ1) is 18.1. The Morgan fingerprint density at radius 1 is 1.24 bits per heavy atom. The van der Waals surface area contributed by atoms with Gasteiger partial charge >= 0.3 is 0 Å². The number of nitrogens with zero attached hydrogens (tertiary/aromatic N) is 1. The average molecular weight is 396 g/mol. The predicted octanol–water partition coefficient (Wildman–Crippen LogP) is 4.20. The highest BCUT2D eigenvalue weighted by Gasteiger charge is 2.22. The Bertz CT molecular complexity index is 1020. The molecule has 3 rings (SSSR count). The van der Waals surface area contributed by atoms with E-state index >= 15 is 0 Å². The van der Waals surface area contributed by atoms with Gasteiger partial charge < -0.3 is 0 Å². The smallest absolute Gasteiger partial charge is 0.241 e. The second-order valence-electron chi connectivity index (χ2n) is 5.77. The number of rotatable bonds is 5. The summed E-state index contributed by atoms with van der Waals surface area (Å²) in [7, 11) is -3.64.